The van der Waals surface area contributed by atoms with Gasteiger partial charge in [-0.2, -0.15) is 9.97 Å². The van der Waals surface area contributed by atoms with Crippen molar-refractivity contribution in [1.82, 2.24) is 39.0 Å². The van der Waals surface area contributed by atoms with Crippen LogP contribution in [0.3, 0.4) is 0 Å². The Hall–Kier alpha value is -4.67. The molecule has 22 heteroatoms. The second kappa shape index (κ2) is 11.1. The van der Waals surface area contributed by atoms with Crippen molar-refractivity contribution >= 4 is 34.2 Å². The van der Waals surface area contributed by atoms with Crippen molar-refractivity contribution in [3.63, 3.8) is 0 Å². The lowest BCUT2D eigenvalue weighted by Gasteiger charge is -2.28. The first-order chi connectivity index (χ1) is 20.8. The lowest BCUT2D eigenvalue weighted by molar-refractivity contribution is -0.0455. The summed E-state index contributed by atoms with van der Waals surface area (Å²) in [6.07, 6.45) is -3.39. The minimum Gasteiger partial charge on any atom is -0.394 e. The molecule has 0 radical (unpaired) electrons. The molecular formula is C22H30N14O8. The highest BCUT2D eigenvalue weighted by atomic mass is 16.6. The van der Waals surface area contributed by atoms with Crippen LogP contribution in [0.15, 0.2) is 27.4 Å². The molecule has 0 aliphatic carbocycles. The average molecular weight is 619 g/mol. The Bertz CT molecular complexity index is 1860. The number of imidazole rings is 2. The van der Waals surface area contributed by atoms with Gasteiger partial charge in [0.15, 0.2) is 34.8 Å². The molecule has 4 aromatic heterocycles. The number of H-pyrrole nitrogens is 2. The third kappa shape index (κ3) is 4.80. The first kappa shape index (κ1) is 30.8. The van der Waals surface area contributed by atoms with Crippen LogP contribution in [-0.2, 0) is 9.47 Å². The van der Waals surface area contributed by atoms with Crippen LogP contribution < -0.4 is 28.3 Å². The Balaban J connectivity index is 0.000000175. The van der Waals surface area contributed by atoms with Crippen LogP contribution in [0.25, 0.3) is 32.8 Å². The summed E-state index contributed by atoms with van der Waals surface area (Å²) in [6, 6.07) is 0. The largest absolute Gasteiger partial charge is 0.394 e. The van der Waals surface area contributed by atoms with Crippen LogP contribution in [0.5, 0.6) is 0 Å². The van der Waals surface area contributed by atoms with Gasteiger partial charge < -0.3 is 47.1 Å². The summed E-state index contributed by atoms with van der Waals surface area (Å²) in [5.74, 6) is -0.183. The van der Waals surface area contributed by atoms with E-state index in [2.05, 4.69) is 39.9 Å². The van der Waals surface area contributed by atoms with Gasteiger partial charge in [-0.1, -0.05) is 5.11 Å². The number of hydrogen-bond acceptors (Lipinski definition) is 16. The molecule has 6 rings (SSSR count). The number of aromatic amines is 2. The molecule has 0 unspecified atom stereocenters. The summed E-state index contributed by atoms with van der Waals surface area (Å²) in [7, 11) is 0. The van der Waals surface area contributed by atoms with Gasteiger partial charge in [-0.05, 0) is 19.4 Å². The van der Waals surface area contributed by atoms with Gasteiger partial charge in [0.05, 0.1) is 37.5 Å². The second-order valence-electron chi connectivity index (χ2n) is 10.6. The number of azide groups is 1. The fraction of sp³-hybridized carbons (Fsp3) is 0.545. The fourth-order valence-corrected chi connectivity index (χ4v) is 5.27. The standard InChI is InChI=1S/C11H14N8O4.C11H16N6O4/c1-11(17-18-13)6(21)4(2-20)23-9(11)19-3-14-5-7(19)15-10(12)16-8(5)22;1-11(13)6(19)4(2-18)21-9(11)17-3-14-5-7(17)15-10(12)16-8(5)20/h3-4,6,9,20-21H,2H2,1H3,(H3,12,15,16,22);3-4,6,9,18-19H,2,13H2,1H3,(H3,12,15,16,20)/t2*4-,6-,9-,11-/m11/s1. The number of ether oxygens (including phenoxy) is 2. The van der Waals surface area contributed by atoms with Crippen molar-refractivity contribution in [2.45, 2.75) is 61.8 Å². The molecule has 2 saturated heterocycles. The highest BCUT2D eigenvalue weighted by Gasteiger charge is 2.54. The molecule has 0 spiro atoms. The summed E-state index contributed by atoms with van der Waals surface area (Å²) >= 11 is 0. The van der Waals surface area contributed by atoms with Crippen molar-refractivity contribution in [1.29, 1.82) is 0 Å². The summed E-state index contributed by atoms with van der Waals surface area (Å²) in [4.78, 5) is 46.9. The van der Waals surface area contributed by atoms with Crippen molar-refractivity contribution in [2.75, 3.05) is 24.7 Å². The van der Waals surface area contributed by atoms with Crippen LogP contribution in [0.4, 0.5) is 11.9 Å². The van der Waals surface area contributed by atoms with E-state index in [-0.39, 0.29) is 40.8 Å². The molecule has 0 amide bonds. The van der Waals surface area contributed by atoms with Crippen molar-refractivity contribution in [3.05, 3.63) is 43.8 Å². The molecule has 44 heavy (non-hydrogen) atoms. The smallest absolute Gasteiger partial charge is 0.280 e. The Labute approximate surface area is 244 Å². The molecule has 0 aromatic carbocycles. The average Bonchev–Trinajstić information content (AvgIpc) is 3.69. The van der Waals surface area contributed by atoms with E-state index >= 15 is 0 Å². The number of nitrogens with one attached hydrogen (secondary N) is 2. The Morgan fingerprint density at radius 3 is 1.84 bits per heavy atom. The first-order valence-electron chi connectivity index (χ1n) is 13.0. The van der Waals surface area contributed by atoms with Gasteiger partial charge in [-0.15, -0.1) is 0 Å². The van der Waals surface area contributed by atoms with Gasteiger partial charge in [-0.3, -0.25) is 28.7 Å². The second-order valence-corrected chi connectivity index (χ2v) is 10.6. The Morgan fingerprint density at radius 2 is 1.39 bits per heavy atom. The number of aliphatic hydroxyl groups is 4. The van der Waals surface area contributed by atoms with Gasteiger partial charge in [0.1, 0.15) is 23.9 Å². The number of rotatable bonds is 5. The molecule has 236 valence electrons. The maximum absolute atomic E-state index is 11.8. The number of aliphatic hydroxyl groups excluding tert-OH is 4. The SMILES string of the molecule is C[C@@]1(N)[C@H](O)[C@@H](CO)O[C@H]1n1cnc2c(=O)[nH]c(N)nc21.C[C@@]1(N=[N+]=[N-])[C@H](O)[C@@H](CO)O[C@H]1n1cnc2c(=O)[nH]c(N)nc21. The van der Waals surface area contributed by atoms with Crippen LogP contribution in [0.1, 0.15) is 26.3 Å². The zero-order chi connectivity index (χ0) is 32.1. The summed E-state index contributed by atoms with van der Waals surface area (Å²) in [5, 5.41) is 42.6. The van der Waals surface area contributed by atoms with Crippen LogP contribution in [0.2, 0.25) is 0 Å². The van der Waals surface area contributed by atoms with Crippen molar-refractivity contribution < 1.29 is 29.9 Å². The predicted octanol–water partition coefficient (Wildman–Crippen LogP) is -3.31. The first-order valence-corrected chi connectivity index (χ1v) is 13.0. The lowest BCUT2D eigenvalue weighted by Crippen LogP contribution is -2.52. The molecule has 8 atom stereocenters. The molecule has 6 heterocycles. The molecule has 4 aromatic rings. The normalized spacial score (nSPS) is 31.6. The van der Waals surface area contributed by atoms with E-state index in [4.69, 9.17) is 32.2 Å². The molecule has 2 aliphatic heterocycles. The van der Waals surface area contributed by atoms with Crippen molar-refractivity contribution in [3.8, 4) is 0 Å². The molecule has 0 bridgehead atoms. The summed E-state index contributed by atoms with van der Waals surface area (Å²) in [6.45, 7) is 2.20. The Morgan fingerprint density at radius 1 is 0.932 bits per heavy atom. The van der Waals surface area contributed by atoms with Crippen molar-refractivity contribution in [2.24, 2.45) is 10.8 Å². The topological polar surface area (TPSA) is 353 Å². The molecule has 2 fully saturated rings. The van der Waals surface area contributed by atoms with Crippen LogP contribution in [0, 0.1) is 0 Å². The summed E-state index contributed by atoms with van der Waals surface area (Å²) in [5.41, 5.74) is 22.8. The predicted molar refractivity (Wildman–Crippen MR) is 149 cm³/mol. The third-order valence-corrected chi connectivity index (χ3v) is 7.61. The molecule has 22 nitrogen and oxygen atoms in total. The number of nitrogens with zero attached hydrogens (tertiary/aromatic N) is 9. The van der Waals surface area contributed by atoms with Gasteiger partial charge in [0.25, 0.3) is 11.1 Å². The molecule has 0 saturated carbocycles. The maximum Gasteiger partial charge on any atom is 0.280 e. The number of hydrogen-bond donors (Lipinski definition) is 9. The van der Waals surface area contributed by atoms with E-state index in [1.54, 1.807) is 6.92 Å². The quantitative estimate of drug-likeness (QED) is 0.0600. The summed E-state index contributed by atoms with van der Waals surface area (Å²) < 4.78 is 13.9. The minimum atomic E-state index is -1.44. The monoisotopic (exact) mass is 618 g/mol. The highest BCUT2D eigenvalue weighted by molar-refractivity contribution is 5.71. The van der Waals surface area contributed by atoms with E-state index < -0.39 is 65.7 Å². The zero-order valence-electron chi connectivity index (χ0n) is 23.2. The van der Waals surface area contributed by atoms with E-state index in [0.29, 0.717) is 0 Å². The maximum atomic E-state index is 11.8. The lowest BCUT2D eigenvalue weighted by atomic mass is 9.93. The number of nitrogens with two attached hydrogens (primary N) is 3. The zero-order valence-corrected chi connectivity index (χ0v) is 23.2. The Kier molecular flexibility index (Phi) is 7.77. The van der Waals surface area contributed by atoms with E-state index in [1.165, 1.54) is 28.7 Å². The molecular weight excluding hydrogens is 588 g/mol. The van der Waals surface area contributed by atoms with Crippen LogP contribution >= 0.6 is 0 Å². The molecule has 2 aliphatic rings. The van der Waals surface area contributed by atoms with E-state index in [0.717, 1.165) is 0 Å². The number of nitrogen functional groups attached to an aromatic ring is 2. The van der Waals surface area contributed by atoms with Gasteiger partial charge in [0, 0.05) is 4.91 Å². The third-order valence-electron chi connectivity index (χ3n) is 7.61. The van der Waals surface area contributed by atoms with Gasteiger partial charge >= 0.3 is 0 Å². The van der Waals surface area contributed by atoms with Gasteiger partial charge in [-0.25, -0.2) is 9.97 Å². The van der Waals surface area contributed by atoms with E-state index in [1.807, 2.05) is 0 Å². The van der Waals surface area contributed by atoms with E-state index in [9.17, 15) is 30.0 Å². The molecule has 12 N–H and O–H groups in total. The highest BCUT2D eigenvalue weighted by Crippen LogP contribution is 2.42. The van der Waals surface area contributed by atoms with Crippen LogP contribution in [-0.4, -0.2) is 108 Å². The minimum absolute atomic E-state index is 0.0213. The number of anilines is 2. The fourth-order valence-electron chi connectivity index (χ4n) is 5.27. The van der Waals surface area contributed by atoms with Gasteiger partial charge in [0.2, 0.25) is 11.9 Å². The number of fused-ring (bicyclic) bond motifs is 2. The number of aromatic nitrogens is 8.